The smallest absolute Gasteiger partial charge is 0.260 e. The van der Waals surface area contributed by atoms with Crippen molar-refractivity contribution in [1.82, 2.24) is 20.8 Å². The largest absolute Gasteiger partial charge is 0.350 e. The van der Waals surface area contributed by atoms with Gasteiger partial charge in [0.05, 0.1) is 22.3 Å². The van der Waals surface area contributed by atoms with E-state index < -0.39 is 6.04 Å². The van der Waals surface area contributed by atoms with Gasteiger partial charge in [0.25, 0.3) is 5.91 Å². The first kappa shape index (κ1) is 21.0. The Morgan fingerprint density at radius 2 is 1.90 bits per heavy atom. The quantitative estimate of drug-likeness (QED) is 0.386. The number of hydrogen-bond donors (Lipinski definition) is 3. The van der Waals surface area contributed by atoms with E-state index in [9.17, 15) is 9.59 Å². The van der Waals surface area contributed by atoms with Crippen molar-refractivity contribution in [2.75, 3.05) is 5.32 Å². The van der Waals surface area contributed by atoms with Crippen LogP contribution in [0.2, 0.25) is 0 Å². The van der Waals surface area contributed by atoms with Gasteiger partial charge < -0.3 is 5.32 Å². The second kappa shape index (κ2) is 9.23. The maximum absolute atomic E-state index is 12.3. The average molecular weight is 452 g/mol. The Labute approximate surface area is 187 Å². The molecular weight excluding hydrogens is 430 g/mol. The van der Waals surface area contributed by atoms with Crippen LogP contribution in [0.5, 0.6) is 0 Å². The number of para-hydroxylation sites is 1. The first-order valence-electron chi connectivity index (χ1n) is 9.70. The molecule has 1 atom stereocenters. The summed E-state index contributed by atoms with van der Waals surface area (Å²) >= 11 is 2.97. The van der Waals surface area contributed by atoms with Gasteiger partial charge in [-0.2, -0.15) is 0 Å². The molecule has 2 aromatic carbocycles. The Morgan fingerprint density at radius 1 is 1.06 bits per heavy atom. The van der Waals surface area contributed by atoms with E-state index in [0.717, 1.165) is 26.4 Å². The number of anilines is 1. The van der Waals surface area contributed by atoms with Crippen molar-refractivity contribution in [3.63, 3.8) is 0 Å². The molecule has 0 saturated heterocycles. The van der Waals surface area contributed by atoms with E-state index in [1.807, 2.05) is 54.8 Å². The summed E-state index contributed by atoms with van der Waals surface area (Å²) in [6.45, 7) is 3.74. The highest BCUT2D eigenvalue weighted by molar-refractivity contribution is 7.22. The van der Waals surface area contributed by atoms with Crippen molar-refractivity contribution < 1.29 is 9.59 Å². The molecule has 2 amide bonds. The van der Waals surface area contributed by atoms with Crippen LogP contribution in [0.25, 0.3) is 20.8 Å². The van der Waals surface area contributed by atoms with Gasteiger partial charge in [-0.05, 0) is 32.0 Å². The van der Waals surface area contributed by atoms with Crippen molar-refractivity contribution in [2.24, 2.45) is 0 Å². The number of aryl methyl sites for hydroxylation is 1. The lowest BCUT2D eigenvalue weighted by atomic mass is 10.1. The Bertz CT molecular complexity index is 1200. The van der Waals surface area contributed by atoms with Gasteiger partial charge >= 0.3 is 0 Å². The summed E-state index contributed by atoms with van der Waals surface area (Å²) in [6, 6.07) is 15.3. The molecule has 7 nitrogen and oxygen atoms in total. The summed E-state index contributed by atoms with van der Waals surface area (Å²) in [5, 5.41) is 6.44. The van der Waals surface area contributed by atoms with Crippen molar-refractivity contribution in [1.29, 1.82) is 0 Å². The van der Waals surface area contributed by atoms with Crippen LogP contribution in [0.15, 0.2) is 53.9 Å². The number of rotatable bonds is 6. The van der Waals surface area contributed by atoms with Gasteiger partial charge in [-0.1, -0.05) is 47.2 Å². The molecule has 0 bridgehead atoms. The number of amides is 2. The molecule has 0 saturated carbocycles. The molecule has 2 aromatic heterocycles. The number of nitrogens with zero attached hydrogens (tertiary/aromatic N) is 2. The van der Waals surface area contributed by atoms with E-state index in [0.29, 0.717) is 10.8 Å². The number of carbonyl (C=O) groups excluding carboxylic acids is 2. The van der Waals surface area contributed by atoms with Crippen LogP contribution in [0.3, 0.4) is 0 Å². The molecule has 4 aromatic rings. The first-order chi connectivity index (χ1) is 15.0. The molecule has 3 N–H and O–H groups in total. The second-order valence-electron chi connectivity index (χ2n) is 7.08. The van der Waals surface area contributed by atoms with Gasteiger partial charge in [0.15, 0.2) is 5.13 Å². The van der Waals surface area contributed by atoms with Crippen LogP contribution in [0.1, 0.15) is 18.2 Å². The summed E-state index contributed by atoms with van der Waals surface area (Å²) in [6.07, 6.45) is 0.0856. The zero-order valence-electron chi connectivity index (χ0n) is 17.0. The molecule has 9 heteroatoms. The highest BCUT2D eigenvalue weighted by atomic mass is 32.1. The lowest BCUT2D eigenvalue weighted by Gasteiger charge is -2.13. The van der Waals surface area contributed by atoms with Crippen LogP contribution in [-0.4, -0.2) is 27.8 Å². The van der Waals surface area contributed by atoms with E-state index >= 15 is 0 Å². The Hall–Kier alpha value is -3.30. The average Bonchev–Trinajstić information content (AvgIpc) is 3.38. The molecule has 1 unspecified atom stereocenters. The molecule has 158 valence electrons. The first-order valence-corrected chi connectivity index (χ1v) is 11.4. The van der Waals surface area contributed by atoms with Crippen LogP contribution in [-0.2, 0) is 16.0 Å². The summed E-state index contributed by atoms with van der Waals surface area (Å²) < 4.78 is 1.04. The summed E-state index contributed by atoms with van der Waals surface area (Å²) in [5.41, 5.74) is 8.63. The normalized spacial score (nSPS) is 11.8. The van der Waals surface area contributed by atoms with Crippen LogP contribution >= 0.6 is 22.7 Å². The summed E-state index contributed by atoms with van der Waals surface area (Å²) in [7, 11) is 0. The van der Waals surface area contributed by atoms with E-state index in [1.54, 1.807) is 6.92 Å². The predicted octanol–water partition coefficient (Wildman–Crippen LogP) is 3.92. The molecule has 31 heavy (non-hydrogen) atoms. The van der Waals surface area contributed by atoms with Crippen LogP contribution in [0, 0.1) is 6.92 Å². The third kappa shape index (κ3) is 5.25. The molecule has 0 radical (unpaired) electrons. The van der Waals surface area contributed by atoms with Gasteiger partial charge in [-0.25, -0.2) is 9.97 Å². The lowest BCUT2D eigenvalue weighted by molar-refractivity contribution is -0.128. The minimum atomic E-state index is -0.562. The predicted molar refractivity (Wildman–Crippen MR) is 125 cm³/mol. The zero-order valence-corrected chi connectivity index (χ0v) is 18.6. The molecule has 0 fully saturated rings. The molecule has 0 spiro atoms. The standard InChI is InChI=1S/C22H21N5O2S2/c1-13-6-5-7-15(10-13)21-24-16(12-30-21)11-19(28)26-27-20(29)14(2)23-22-25-17-8-3-4-9-18(17)31-22/h3-10,12,14H,11H2,1-2H3,(H,23,25)(H,26,28)(H,27,29). The van der Waals surface area contributed by atoms with Crippen molar-refractivity contribution in [3.05, 3.63) is 65.2 Å². The Kier molecular flexibility index (Phi) is 6.24. The topological polar surface area (TPSA) is 96.0 Å². The maximum Gasteiger partial charge on any atom is 0.260 e. The van der Waals surface area contributed by atoms with Gasteiger partial charge in [0, 0.05) is 10.9 Å². The van der Waals surface area contributed by atoms with E-state index in [4.69, 9.17) is 0 Å². The van der Waals surface area contributed by atoms with E-state index in [-0.39, 0.29) is 18.2 Å². The zero-order chi connectivity index (χ0) is 21.8. The number of fused-ring (bicyclic) bond motifs is 1. The third-order valence-corrected chi connectivity index (χ3v) is 6.42. The van der Waals surface area contributed by atoms with Gasteiger partial charge in [0.2, 0.25) is 5.91 Å². The monoisotopic (exact) mass is 451 g/mol. The molecule has 0 aliphatic rings. The highest BCUT2D eigenvalue weighted by Crippen LogP contribution is 2.26. The highest BCUT2D eigenvalue weighted by Gasteiger charge is 2.16. The van der Waals surface area contributed by atoms with Crippen LogP contribution < -0.4 is 16.2 Å². The number of hydrogen-bond acceptors (Lipinski definition) is 7. The number of thiazole rings is 2. The van der Waals surface area contributed by atoms with E-state index in [2.05, 4.69) is 32.2 Å². The fourth-order valence-electron chi connectivity index (χ4n) is 2.93. The van der Waals surface area contributed by atoms with Crippen molar-refractivity contribution >= 4 is 49.8 Å². The lowest BCUT2D eigenvalue weighted by Crippen LogP contribution is -2.48. The summed E-state index contributed by atoms with van der Waals surface area (Å²) in [4.78, 5) is 33.5. The fourth-order valence-corrected chi connectivity index (χ4v) is 4.70. The minimum Gasteiger partial charge on any atom is -0.350 e. The molecular formula is C22H21N5O2S2. The number of aromatic nitrogens is 2. The van der Waals surface area contributed by atoms with Gasteiger partial charge in [-0.3, -0.25) is 20.4 Å². The fraction of sp³-hybridized carbons (Fsp3) is 0.182. The van der Waals surface area contributed by atoms with Gasteiger partial charge in [-0.15, -0.1) is 11.3 Å². The molecule has 0 aliphatic heterocycles. The molecule has 2 heterocycles. The van der Waals surface area contributed by atoms with Crippen molar-refractivity contribution in [2.45, 2.75) is 26.3 Å². The number of hydrazine groups is 1. The Balaban J connectivity index is 1.27. The minimum absolute atomic E-state index is 0.0856. The van der Waals surface area contributed by atoms with Crippen molar-refractivity contribution in [3.8, 4) is 10.6 Å². The number of benzene rings is 2. The van der Waals surface area contributed by atoms with Crippen LogP contribution in [0.4, 0.5) is 5.13 Å². The number of carbonyl (C=O) groups is 2. The van der Waals surface area contributed by atoms with Gasteiger partial charge in [0.1, 0.15) is 11.0 Å². The third-order valence-electron chi connectivity index (χ3n) is 4.51. The molecule has 4 rings (SSSR count). The maximum atomic E-state index is 12.3. The second-order valence-corrected chi connectivity index (χ2v) is 8.97. The Morgan fingerprint density at radius 3 is 2.71 bits per heavy atom. The molecule has 0 aliphatic carbocycles. The summed E-state index contributed by atoms with van der Waals surface area (Å²) in [5.74, 6) is -0.687. The van der Waals surface area contributed by atoms with E-state index in [1.165, 1.54) is 22.7 Å². The SMILES string of the molecule is Cc1cccc(-c2nc(CC(=O)NNC(=O)C(C)Nc3nc4ccccc4s3)cs2)c1. The number of nitrogens with one attached hydrogen (secondary N) is 3.